The summed E-state index contributed by atoms with van der Waals surface area (Å²) in [6.07, 6.45) is 8.68. The van der Waals surface area contributed by atoms with Crippen molar-refractivity contribution in [1.29, 1.82) is 0 Å². The van der Waals surface area contributed by atoms with Crippen LogP contribution in [0.2, 0.25) is 0 Å². The predicted molar refractivity (Wildman–Crippen MR) is 126 cm³/mol. The molecule has 5 nitrogen and oxygen atoms in total. The van der Waals surface area contributed by atoms with Gasteiger partial charge in [-0.3, -0.25) is 9.59 Å². The Labute approximate surface area is 187 Å². The first-order valence-corrected chi connectivity index (χ1v) is 11.4. The molecule has 0 heterocycles. The third kappa shape index (κ3) is 4.93. The summed E-state index contributed by atoms with van der Waals surface area (Å²) in [6.45, 7) is 8.01. The second-order valence-electron chi connectivity index (χ2n) is 9.48. The molecule has 0 aromatic heterocycles. The van der Waals surface area contributed by atoms with Gasteiger partial charge in [0.15, 0.2) is 0 Å². The van der Waals surface area contributed by atoms with E-state index in [1.54, 1.807) is 16.8 Å². The highest BCUT2D eigenvalue weighted by atomic mass is 16.2. The maximum Gasteiger partial charge on any atom is 0.246 e. The minimum atomic E-state index is -0.283. The molecular weight excluding hydrogens is 386 g/mol. The van der Waals surface area contributed by atoms with E-state index in [0.29, 0.717) is 30.8 Å². The summed E-state index contributed by atoms with van der Waals surface area (Å²) in [5.74, 6) is 1.18. The Balaban J connectivity index is 1.85. The largest absolute Gasteiger partial charge is 0.335 e. The highest BCUT2D eigenvalue weighted by Crippen LogP contribution is 2.48. The summed E-state index contributed by atoms with van der Waals surface area (Å²) in [4.78, 5) is 28.1. The van der Waals surface area contributed by atoms with Crippen LogP contribution >= 0.6 is 0 Å². The van der Waals surface area contributed by atoms with E-state index < -0.39 is 0 Å². The molecule has 4 unspecified atom stereocenters. The number of anilines is 1. The Morgan fingerprint density at radius 3 is 2.61 bits per heavy atom. The number of carbonyl (C=O) groups excluding carboxylic acids is 2. The van der Waals surface area contributed by atoms with Crippen LogP contribution in [0, 0.1) is 23.2 Å². The van der Waals surface area contributed by atoms with Gasteiger partial charge in [0.25, 0.3) is 0 Å². The maximum absolute atomic E-state index is 12.9. The molecule has 2 N–H and O–H groups in total. The minimum Gasteiger partial charge on any atom is -0.335 e. The van der Waals surface area contributed by atoms with Crippen molar-refractivity contribution >= 4 is 18.0 Å². The van der Waals surface area contributed by atoms with Crippen LogP contribution in [-0.4, -0.2) is 43.9 Å². The van der Waals surface area contributed by atoms with Gasteiger partial charge in [0.1, 0.15) is 0 Å². The molecular formula is C26H37N3O2. The summed E-state index contributed by atoms with van der Waals surface area (Å²) in [6, 6.07) is 9.52. The minimum absolute atomic E-state index is 0.0619. The van der Waals surface area contributed by atoms with Crippen molar-refractivity contribution in [3.05, 3.63) is 53.6 Å². The zero-order valence-corrected chi connectivity index (χ0v) is 19.4. The third-order valence-electron chi connectivity index (χ3n) is 7.33. The van der Waals surface area contributed by atoms with E-state index in [-0.39, 0.29) is 17.9 Å². The van der Waals surface area contributed by atoms with Gasteiger partial charge in [-0.15, -0.1) is 0 Å². The average molecular weight is 424 g/mol. The van der Waals surface area contributed by atoms with Crippen molar-refractivity contribution in [2.45, 2.75) is 40.0 Å². The molecule has 0 bridgehead atoms. The Morgan fingerprint density at radius 2 is 1.97 bits per heavy atom. The molecule has 3 rings (SSSR count). The number of rotatable bonds is 7. The molecule has 0 saturated heterocycles. The topological polar surface area (TPSA) is 66.6 Å². The van der Waals surface area contributed by atoms with E-state index in [2.05, 4.69) is 32.9 Å². The van der Waals surface area contributed by atoms with Gasteiger partial charge in [0.05, 0.1) is 6.54 Å². The lowest BCUT2D eigenvalue weighted by molar-refractivity contribution is -0.127. The normalized spacial score (nSPS) is 28.0. The van der Waals surface area contributed by atoms with E-state index >= 15 is 0 Å². The van der Waals surface area contributed by atoms with Crippen LogP contribution < -0.4 is 10.6 Å². The lowest BCUT2D eigenvalue weighted by Crippen LogP contribution is -2.43. The van der Waals surface area contributed by atoms with Gasteiger partial charge >= 0.3 is 0 Å². The van der Waals surface area contributed by atoms with E-state index in [4.69, 9.17) is 5.73 Å². The molecule has 0 radical (unpaired) electrons. The number of para-hydroxylation sites is 1. The number of hydrogen-bond acceptors (Lipinski definition) is 3. The highest BCUT2D eigenvalue weighted by molar-refractivity contribution is 5.95. The van der Waals surface area contributed by atoms with Crippen LogP contribution in [0.25, 0.3) is 0 Å². The zero-order valence-electron chi connectivity index (χ0n) is 19.4. The van der Waals surface area contributed by atoms with Gasteiger partial charge in [-0.05, 0) is 55.7 Å². The van der Waals surface area contributed by atoms with E-state index in [1.807, 2.05) is 30.3 Å². The number of nitrogens with zero attached hydrogens (tertiary/aromatic N) is 2. The summed E-state index contributed by atoms with van der Waals surface area (Å²) in [5.41, 5.74) is 9.63. The van der Waals surface area contributed by atoms with Crippen molar-refractivity contribution in [3.63, 3.8) is 0 Å². The summed E-state index contributed by atoms with van der Waals surface area (Å²) < 4.78 is 0. The fourth-order valence-corrected chi connectivity index (χ4v) is 5.27. The number of likely N-dealkylation sites (N-methyl/N-ethyl adjacent to an activating group) is 1. The zero-order chi connectivity index (χ0) is 22.6. The van der Waals surface area contributed by atoms with Crippen molar-refractivity contribution in [3.8, 4) is 0 Å². The van der Waals surface area contributed by atoms with Crippen LogP contribution in [0.15, 0.2) is 53.6 Å². The van der Waals surface area contributed by atoms with Gasteiger partial charge < -0.3 is 15.5 Å². The van der Waals surface area contributed by atoms with Crippen molar-refractivity contribution in [2.24, 2.45) is 28.9 Å². The quantitative estimate of drug-likeness (QED) is 0.532. The maximum atomic E-state index is 12.9. The van der Waals surface area contributed by atoms with E-state index in [0.717, 1.165) is 31.4 Å². The number of hydrogen-bond donors (Lipinski definition) is 1. The van der Waals surface area contributed by atoms with Crippen molar-refractivity contribution < 1.29 is 9.59 Å². The Hall–Kier alpha value is -2.40. The summed E-state index contributed by atoms with van der Waals surface area (Å²) >= 11 is 0. The Bertz CT molecular complexity index is 847. The van der Waals surface area contributed by atoms with Crippen LogP contribution in [-0.2, 0) is 9.59 Å². The van der Waals surface area contributed by atoms with Gasteiger partial charge in [-0.1, -0.05) is 62.3 Å². The monoisotopic (exact) mass is 423 g/mol. The predicted octanol–water partition coefficient (Wildman–Crippen LogP) is 4.01. The Morgan fingerprint density at radius 1 is 1.26 bits per heavy atom. The molecule has 168 valence electrons. The lowest BCUT2D eigenvalue weighted by atomic mass is 9.68. The molecule has 1 aromatic rings. The summed E-state index contributed by atoms with van der Waals surface area (Å²) in [7, 11) is 1.75. The van der Waals surface area contributed by atoms with Gasteiger partial charge in [-0.2, -0.15) is 0 Å². The number of carbonyl (C=O) groups is 2. The molecule has 1 aromatic carbocycles. The van der Waals surface area contributed by atoms with E-state index in [9.17, 15) is 9.59 Å². The summed E-state index contributed by atoms with van der Waals surface area (Å²) in [5, 5.41) is 0. The van der Waals surface area contributed by atoms with E-state index in [1.165, 1.54) is 11.1 Å². The van der Waals surface area contributed by atoms with Crippen LogP contribution in [0.4, 0.5) is 5.69 Å². The first-order chi connectivity index (χ1) is 14.8. The van der Waals surface area contributed by atoms with Gasteiger partial charge in [0, 0.05) is 24.7 Å². The fourth-order valence-electron chi connectivity index (χ4n) is 5.27. The standard InChI is InChI=1S/C26H37N3O2/c1-19-13-14-26(3,23-12-8-9-21(15-27)25(23)20(19)2)17-29(18-30)16-24(31)28(4)22-10-6-5-7-11-22/h5-7,10-11,13-14,18-21H,8-9,12,15-17,27H2,1-4H3. The second-order valence-corrected chi connectivity index (χ2v) is 9.48. The molecule has 4 atom stereocenters. The SMILES string of the molecule is CC1C=CC(C)(CN(C=O)CC(=O)N(C)c2ccccc2)C2=C(C(CN)CCC2)C1C. The van der Waals surface area contributed by atoms with Crippen LogP contribution in [0.1, 0.15) is 40.0 Å². The smallest absolute Gasteiger partial charge is 0.246 e. The molecule has 2 amide bonds. The number of amides is 2. The van der Waals surface area contributed by atoms with Crippen LogP contribution in [0.5, 0.6) is 0 Å². The molecule has 0 fully saturated rings. The first-order valence-electron chi connectivity index (χ1n) is 11.4. The first kappa shape index (κ1) is 23.3. The molecule has 31 heavy (non-hydrogen) atoms. The average Bonchev–Trinajstić information content (AvgIpc) is 2.89. The number of allylic oxidation sites excluding steroid dienone is 1. The highest BCUT2D eigenvalue weighted by Gasteiger charge is 2.39. The van der Waals surface area contributed by atoms with Crippen LogP contribution in [0.3, 0.4) is 0 Å². The number of nitrogens with two attached hydrogens (primary N) is 1. The number of benzene rings is 1. The molecule has 2 aliphatic rings. The third-order valence-corrected chi connectivity index (χ3v) is 7.33. The lowest BCUT2D eigenvalue weighted by Gasteiger charge is -2.40. The van der Waals surface area contributed by atoms with Gasteiger partial charge in [-0.25, -0.2) is 0 Å². The van der Waals surface area contributed by atoms with Gasteiger partial charge in [0.2, 0.25) is 12.3 Å². The molecule has 5 heteroatoms. The molecule has 2 aliphatic carbocycles. The molecule has 0 saturated carbocycles. The Kier molecular flexibility index (Phi) is 7.37. The van der Waals surface area contributed by atoms with Crippen molar-refractivity contribution in [1.82, 2.24) is 4.90 Å². The molecule has 0 spiro atoms. The second kappa shape index (κ2) is 9.82. The molecule has 0 aliphatic heterocycles. The fraction of sp³-hybridized carbons (Fsp3) is 0.538. The van der Waals surface area contributed by atoms with Crippen molar-refractivity contribution in [2.75, 3.05) is 31.6 Å².